The first-order chi connectivity index (χ1) is 15.3. The van der Waals surface area contributed by atoms with E-state index in [9.17, 15) is 9.18 Å². The van der Waals surface area contributed by atoms with Crippen LogP contribution in [0.4, 0.5) is 10.1 Å². The van der Waals surface area contributed by atoms with Gasteiger partial charge in [-0.1, -0.05) is 31.4 Å². The second-order valence-corrected chi connectivity index (χ2v) is 9.04. The maximum Gasteiger partial charge on any atom is 0.286 e. The third-order valence-corrected chi connectivity index (χ3v) is 6.00. The number of nitrogens with one attached hydrogen (secondary N) is 2. The van der Waals surface area contributed by atoms with E-state index < -0.39 is 0 Å². The summed E-state index contributed by atoms with van der Waals surface area (Å²) in [5, 5.41) is 6.33. The Labute approximate surface area is 191 Å². The summed E-state index contributed by atoms with van der Waals surface area (Å²) in [7, 11) is 1.52. The first-order valence-electron chi connectivity index (χ1n) is 11.5. The van der Waals surface area contributed by atoms with Crippen LogP contribution in [-0.4, -0.2) is 25.1 Å². The van der Waals surface area contributed by atoms with Gasteiger partial charge < -0.3 is 15.4 Å². The molecule has 2 aromatic carbocycles. The summed E-state index contributed by atoms with van der Waals surface area (Å²) < 4.78 is 20.3. The average Bonchev–Trinajstić information content (AvgIpc) is 2.74. The highest BCUT2D eigenvalue weighted by Gasteiger charge is 2.19. The van der Waals surface area contributed by atoms with Crippen molar-refractivity contribution in [3.8, 4) is 11.1 Å². The second kappa shape index (κ2) is 10.7. The van der Waals surface area contributed by atoms with Crippen molar-refractivity contribution in [1.82, 2.24) is 5.32 Å². The Bertz CT molecular complexity index is 991. The largest absolute Gasteiger partial charge is 0.491 e. The molecule has 0 bridgehead atoms. The molecule has 0 radical (unpaired) electrons. The molecule has 0 heterocycles. The van der Waals surface area contributed by atoms with Gasteiger partial charge in [-0.2, -0.15) is 0 Å². The van der Waals surface area contributed by atoms with E-state index in [0.29, 0.717) is 11.3 Å². The molecule has 1 fully saturated rings. The van der Waals surface area contributed by atoms with Gasteiger partial charge in [-0.25, -0.2) is 4.39 Å². The average molecular weight is 439 g/mol. The predicted molar refractivity (Wildman–Crippen MR) is 130 cm³/mol. The van der Waals surface area contributed by atoms with Crippen molar-refractivity contribution < 1.29 is 13.9 Å². The molecule has 0 aliphatic heterocycles. The zero-order valence-corrected chi connectivity index (χ0v) is 19.8. The number of aryl methyl sites for hydroxylation is 2. The van der Waals surface area contributed by atoms with Crippen molar-refractivity contribution in [1.29, 1.82) is 0 Å². The monoisotopic (exact) mass is 438 g/mol. The number of anilines is 1. The summed E-state index contributed by atoms with van der Waals surface area (Å²) in [6.07, 6.45) is 7.36. The molecule has 1 aliphatic carbocycles. The zero-order valence-electron chi connectivity index (χ0n) is 19.8. The zero-order chi connectivity index (χ0) is 23.3. The molecule has 0 spiro atoms. The Balaban J connectivity index is 1.85. The van der Waals surface area contributed by atoms with E-state index in [2.05, 4.69) is 10.6 Å². The van der Waals surface area contributed by atoms with Crippen LogP contribution in [0.2, 0.25) is 0 Å². The molecule has 172 valence electrons. The molecule has 3 rings (SSSR count). The van der Waals surface area contributed by atoms with Gasteiger partial charge in [0.2, 0.25) is 0 Å². The molecule has 5 heteroatoms. The molecule has 2 N–H and O–H groups in total. The Kier molecular flexibility index (Phi) is 7.94. The van der Waals surface area contributed by atoms with Gasteiger partial charge in [0.05, 0.1) is 7.11 Å². The van der Waals surface area contributed by atoms with Gasteiger partial charge in [-0.15, -0.1) is 0 Å². The molecule has 32 heavy (non-hydrogen) atoms. The van der Waals surface area contributed by atoms with Crippen LogP contribution in [0.25, 0.3) is 17.2 Å². The molecule has 0 saturated heterocycles. The van der Waals surface area contributed by atoms with Crippen molar-refractivity contribution in [3.63, 3.8) is 0 Å². The van der Waals surface area contributed by atoms with E-state index in [-0.39, 0.29) is 23.8 Å². The van der Waals surface area contributed by atoms with Gasteiger partial charge in [-0.05, 0) is 87.1 Å². The standard InChI is InChI=1S/C27H35FN2O2/c1-17(2)29-22-11-12-23(25(28)16-22)24-14-18(3)20(13-19(24)4)15-26(32-5)27(31)30-21-9-7-6-8-10-21/h11-17,21,29H,6-10H2,1-5H3,(H,30,31)/b26-15-. The number of ether oxygens (including phenoxy) is 1. The summed E-state index contributed by atoms with van der Waals surface area (Å²) in [5.74, 6) is -0.146. The summed E-state index contributed by atoms with van der Waals surface area (Å²) >= 11 is 0. The van der Waals surface area contributed by atoms with Crippen LogP contribution in [0.15, 0.2) is 36.1 Å². The smallest absolute Gasteiger partial charge is 0.286 e. The maximum atomic E-state index is 14.9. The van der Waals surface area contributed by atoms with Crippen LogP contribution >= 0.6 is 0 Å². The summed E-state index contributed by atoms with van der Waals surface area (Å²) in [6, 6.07) is 9.67. The van der Waals surface area contributed by atoms with Gasteiger partial charge >= 0.3 is 0 Å². The molecule has 2 aromatic rings. The lowest BCUT2D eigenvalue weighted by Gasteiger charge is -2.23. The molecule has 1 saturated carbocycles. The molecule has 0 atom stereocenters. The summed E-state index contributed by atoms with van der Waals surface area (Å²) in [5.41, 5.74) is 4.96. The third-order valence-electron chi connectivity index (χ3n) is 6.00. The fraction of sp³-hybridized carbons (Fsp3) is 0.444. The molecular formula is C27H35FN2O2. The van der Waals surface area contributed by atoms with Gasteiger partial charge in [0.15, 0.2) is 5.76 Å². The number of carbonyl (C=O) groups is 1. The number of hydrogen-bond donors (Lipinski definition) is 2. The number of benzene rings is 2. The molecule has 4 nitrogen and oxygen atoms in total. The number of amides is 1. The molecule has 1 amide bonds. The van der Waals surface area contributed by atoms with E-state index in [1.165, 1.54) is 19.6 Å². The van der Waals surface area contributed by atoms with Gasteiger partial charge in [-0.3, -0.25) is 4.79 Å². The van der Waals surface area contributed by atoms with Crippen LogP contribution in [0.1, 0.15) is 62.6 Å². The van der Waals surface area contributed by atoms with E-state index in [4.69, 9.17) is 4.74 Å². The Morgan fingerprint density at radius 1 is 1.06 bits per heavy atom. The van der Waals surface area contributed by atoms with Crippen LogP contribution < -0.4 is 10.6 Å². The molecule has 1 aliphatic rings. The van der Waals surface area contributed by atoms with E-state index in [1.807, 2.05) is 52.0 Å². The predicted octanol–water partition coefficient (Wildman–Crippen LogP) is 6.37. The highest BCUT2D eigenvalue weighted by molar-refractivity contribution is 5.96. The quantitative estimate of drug-likeness (QED) is 0.390. The SMILES string of the molecule is CO/C(=C\c1cc(C)c(-c2ccc(NC(C)C)cc2F)cc1C)C(=O)NC1CCCCC1. The topological polar surface area (TPSA) is 50.4 Å². The fourth-order valence-corrected chi connectivity index (χ4v) is 4.30. The lowest BCUT2D eigenvalue weighted by molar-refractivity contribution is -0.121. The van der Waals surface area contributed by atoms with Crippen LogP contribution in [0, 0.1) is 19.7 Å². The number of carbonyl (C=O) groups excluding carboxylic acids is 1. The van der Waals surface area contributed by atoms with Gasteiger partial charge in [0.1, 0.15) is 5.82 Å². The normalized spacial score (nSPS) is 15.0. The number of methoxy groups -OCH3 is 1. The van der Waals surface area contributed by atoms with Crippen molar-refractivity contribution in [2.24, 2.45) is 0 Å². The van der Waals surface area contributed by atoms with Gasteiger partial charge in [0, 0.05) is 23.3 Å². The van der Waals surface area contributed by atoms with E-state index >= 15 is 0 Å². The van der Waals surface area contributed by atoms with Crippen molar-refractivity contribution in [2.75, 3.05) is 12.4 Å². The van der Waals surface area contributed by atoms with Crippen molar-refractivity contribution in [2.45, 2.75) is 71.9 Å². The van der Waals surface area contributed by atoms with Crippen molar-refractivity contribution in [3.05, 3.63) is 58.6 Å². The minimum atomic E-state index is -0.258. The number of hydrogen-bond acceptors (Lipinski definition) is 3. The maximum absolute atomic E-state index is 14.9. The first-order valence-corrected chi connectivity index (χ1v) is 11.5. The highest BCUT2D eigenvalue weighted by atomic mass is 19.1. The minimum absolute atomic E-state index is 0.181. The van der Waals surface area contributed by atoms with Crippen molar-refractivity contribution >= 4 is 17.7 Å². The van der Waals surface area contributed by atoms with Crippen LogP contribution in [0.5, 0.6) is 0 Å². The molecule has 0 unspecified atom stereocenters. The minimum Gasteiger partial charge on any atom is -0.491 e. The first kappa shape index (κ1) is 23.8. The summed E-state index contributed by atoms with van der Waals surface area (Å²) in [6.45, 7) is 7.97. The molecule has 0 aromatic heterocycles. The van der Waals surface area contributed by atoms with Gasteiger partial charge in [0.25, 0.3) is 5.91 Å². The fourth-order valence-electron chi connectivity index (χ4n) is 4.30. The number of rotatable bonds is 7. The highest BCUT2D eigenvalue weighted by Crippen LogP contribution is 2.31. The Morgan fingerprint density at radius 3 is 2.41 bits per heavy atom. The summed E-state index contributed by atoms with van der Waals surface area (Å²) in [4.78, 5) is 12.7. The van der Waals surface area contributed by atoms with E-state index in [1.54, 1.807) is 6.08 Å². The third kappa shape index (κ3) is 5.90. The Morgan fingerprint density at radius 2 is 1.78 bits per heavy atom. The van der Waals surface area contributed by atoms with Crippen LogP contribution in [0.3, 0.4) is 0 Å². The van der Waals surface area contributed by atoms with E-state index in [0.717, 1.165) is 53.6 Å². The number of halogens is 1. The van der Waals surface area contributed by atoms with Crippen LogP contribution in [-0.2, 0) is 9.53 Å². The lowest BCUT2D eigenvalue weighted by atomic mass is 9.94. The Hall–Kier alpha value is -2.82. The second-order valence-electron chi connectivity index (χ2n) is 9.04. The molecular weight excluding hydrogens is 403 g/mol. The lowest BCUT2D eigenvalue weighted by Crippen LogP contribution is -2.37.